The molecule has 2 heterocycles. The fraction of sp³-hybridized carbons (Fsp3) is 0.308. The van der Waals surface area contributed by atoms with Crippen LogP contribution in [0, 0.1) is 0 Å². The number of hydrogen-bond acceptors (Lipinski definition) is 4. The zero-order valence-electron chi connectivity index (χ0n) is 11.4. The summed E-state index contributed by atoms with van der Waals surface area (Å²) in [7, 11) is 0. The second-order valence-electron chi connectivity index (χ2n) is 4.66. The average molecular weight is 311 g/mol. The first-order valence-corrected chi connectivity index (χ1v) is 7.56. The lowest BCUT2D eigenvalue weighted by atomic mass is 10.2. The minimum Gasteiger partial charge on any atom is -0.321 e. The summed E-state index contributed by atoms with van der Waals surface area (Å²) in [5.74, 6) is -0.113. The van der Waals surface area contributed by atoms with Crippen LogP contribution in [0.5, 0.6) is 0 Å². The summed E-state index contributed by atoms with van der Waals surface area (Å²) in [5.41, 5.74) is 1.27. The minimum absolute atomic E-state index is 0.113. The van der Waals surface area contributed by atoms with Gasteiger partial charge in [0, 0.05) is 6.20 Å². The molecule has 0 saturated heterocycles. The van der Waals surface area contributed by atoms with Gasteiger partial charge < -0.3 is 5.32 Å². The predicted molar refractivity (Wildman–Crippen MR) is 82.6 cm³/mol. The van der Waals surface area contributed by atoms with Crippen molar-refractivity contribution in [3.05, 3.63) is 35.9 Å². The SMILES string of the molecule is CSC(C)(C)C(=O)Nc1cn(-c2cccnc2)nc1Cl. The molecule has 1 N–H and O–H groups in total. The van der Waals surface area contributed by atoms with Gasteiger partial charge in [-0.15, -0.1) is 11.8 Å². The molecule has 0 aliphatic carbocycles. The molecular weight excluding hydrogens is 296 g/mol. The normalized spacial score (nSPS) is 11.4. The van der Waals surface area contributed by atoms with Gasteiger partial charge in [-0.25, -0.2) is 4.68 Å². The summed E-state index contributed by atoms with van der Waals surface area (Å²) in [6, 6.07) is 3.66. The van der Waals surface area contributed by atoms with Crippen molar-refractivity contribution in [1.29, 1.82) is 0 Å². The van der Waals surface area contributed by atoms with Gasteiger partial charge in [-0.05, 0) is 32.2 Å². The molecule has 1 amide bonds. The Balaban J connectivity index is 2.23. The Bertz CT molecular complexity index is 612. The lowest BCUT2D eigenvalue weighted by Crippen LogP contribution is -2.33. The van der Waals surface area contributed by atoms with Crippen molar-refractivity contribution in [2.24, 2.45) is 0 Å². The molecule has 0 fully saturated rings. The monoisotopic (exact) mass is 310 g/mol. The van der Waals surface area contributed by atoms with E-state index in [0.29, 0.717) is 5.69 Å². The maximum absolute atomic E-state index is 12.1. The maximum atomic E-state index is 12.1. The number of anilines is 1. The van der Waals surface area contributed by atoms with Crippen molar-refractivity contribution in [2.75, 3.05) is 11.6 Å². The van der Waals surface area contributed by atoms with Crippen molar-refractivity contribution in [3.8, 4) is 5.69 Å². The van der Waals surface area contributed by atoms with Gasteiger partial charge in [0.1, 0.15) is 0 Å². The van der Waals surface area contributed by atoms with Gasteiger partial charge in [-0.2, -0.15) is 5.10 Å². The number of nitrogens with zero attached hydrogens (tertiary/aromatic N) is 3. The lowest BCUT2D eigenvalue weighted by molar-refractivity contribution is -0.117. The number of carbonyl (C=O) groups excluding carboxylic acids is 1. The maximum Gasteiger partial charge on any atom is 0.240 e. The molecule has 106 valence electrons. The Morgan fingerprint density at radius 3 is 2.85 bits per heavy atom. The van der Waals surface area contributed by atoms with Crippen LogP contribution in [0.2, 0.25) is 5.15 Å². The molecule has 0 unspecified atom stereocenters. The highest BCUT2D eigenvalue weighted by Crippen LogP contribution is 2.26. The third-order valence-corrected chi connectivity index (χ3v) is 4.37. The highest BCUT2D eigenvalue weighted by molar-refractivity contribution is 8.00. The summed E-state index contributed by atoms with van der Waals surface area (Å²) in [6.45, 7) is 3.71. The second-order valence-corrected chi connectivity index (χ2v) is 6.44. The summed E-state index contributed by atoms with van der Waals surface area (Å²) in [4.78, 5) is 16.1. The van der Waals surface area contributed by atoms with Crippen LogP contribution in [-0.2, 0) is 4.79 Å². The van der Waals surface area contributed by atoms with Crippen LogP contribution in [-0.4, -0.2) is 31.7 Å². The van der Waals surface area contributed by atoms with Crippen LogP contribution in [0.15, 0.2) is 30.7 Å². The third-order valence-electron chi connectivity index (χ3n) is 2.88. The van der Waals surface area contributed by atoms with Gasteiger partial charge in [0.2, 0.25) is 5.91 Å². The first kappa shape index (κ1) is 14.9. The van der Waals surface area contributed by atoms with Crippen LogP contribution < -0.4 is 5.32 Å². The highest BCUT2D eigenvalue weighted by atomic mass is 35.5. The van der Waals surface area contributed by atoms with Gasteiger partial charge in [-0.3, -0.25) is 9.78 Å². The van der Waals surface area contributed by atoms with E-state index in [2.05, 4.69) is 15.4 Å². The van der Waals surface area contributed by atoms with E-state index in [0.717, 1.165) is 5.69 Å². The van der Waals surface area contributed by atoms with E-state index in [1.165, 1.54) is 11.8 Å². The number of rotatable bonds is 4. The third kappa shape index (κ3) is 3.13. The first-order valence-electron chi connectivity index (χ1n) is 5.96. The summed E-state index contributed by atoms with van der Waals surface area (Å²) >= 11 is 7.53. The predicted octanol–water partition coefficient (Wildman–Crippen LogP) is 3.00. The Labute approximate surface area is 126 Å². The van der Waals surface area contributed by atoms with Crippen molar-refractivity contribution in [2.45, 2.75) is 18.6 Å². The van der Waals surface area contributed by atoms with Gasteiger partial charge in [0.25, 0.3) is 0 Å². The fourth-order valence-corrected chi connectivity index (χ4v) is 1.84. The van der Waals surface area contributed by atoms with Gasteiger partial charge in [0.05, 0.1) is 28.5 Å². The van der Waals surface area contributed by atoms with E-state index in [-0.39, 0.29) is 11.1 Å². The molecule has 2 rings (SSSR count). The van der Waals surface area contributed by atoms with Crippen LogP contribution in [0.4, 0.5) is 5.69 Å². The average Bonchev–Trinajstić information content (AvgIpc) is 2.81. The molecule has 5 nitrogen and oxygen atoms in total. The topological polar surface area (TPSA) is 59.8 Å². The van der Waals surface area contributed by atoms with E-state index < -0.39 is 4.75 Å². The van der Waals surface area contributed by atoms with Gasteiger partial charge in [0.15, 0.2) is 5.15 Å². The summed E-state index contributed by atoms with van der Waals surface area (Å²) in [5, 5.41) is 7.21. The molecule has 2 aromatic heterocycles. The Morgan fingerprint density at radius 1 is 1.50 bits per heavy atom. The molecule has 2 aromatic rings. The number of hydrogen-bond donors (Lipinski definition) is 1. The Hall–Kier alpha value is -1.53. The molecule has 0 saturated carbocycles. The lowest BCUT2D eigenvalue weighted by Gasteiger charge is -2.20. The van der Waals surface area contributed by atoms with Crippen LogP contribution in [0.25, 0.3) is 5.69 Å². The second kappa shape index (κ2) is 5.85. The van der Waals surface area contributed by atoms with Crippen LogP contribution in [0.3, 0.4) is 0 Å². The van der Waals surface area contributed by atoms with E-state index in [1.54, 1.807) is 29.3 Å². The molecule has 0 spiro atoms. The Morgan fingerprint density at radius 2 is 2.25 bits per heavy atom. The highest BCUT2D eigenvalue weighted by Gasteiger charge is 2.27. The number of thioether (sulfide) groups is 1. The fourth-order valence-electron chi connectivity index (χ4n) is 1.42. The number of amides is 1. The molecule has 0 bridgehead atoms. The zero-order chi connectivity index (χ0) is 14.8. The largest absolute Gasteiger partial charge is 0.321 e. The number of carbonyl (C=O) groups is 1. The summed E-state index contributed by atoms with van der Waals surface area (Å²) < 4.78 is 1.05. The molecule has 7 heteroatoms. The van der Waals surface area contributed by atoms with Crippen LogP contribution in [0.1, 0.15) is 13.8 Å². The van der Waals surface area contributed by atoms with Crippen molar-refractivity contribution in [1.82, 2.24) is 14.8 Å². The molecule has 0 aliphatic heterocycles. The molecule has 0 atom stereocenters. The molecule has 0 aromatic carbocycles. The number of pyridine rings is 1. The van der Waals surface area contributed by atoms with Crippen molar-refractivity contribution in [3.63, 3.8) is 0 Å². The molecule has 0 aliphatic rings. The number of halogens is 1. The number of nitrogens with one attached hydrogen (secondary N) is 1. The molecular formula is C13H15ClN4OS. The van der Waals surface area contributed by atoms with E-state index in [4.69, 9.17) is 11.6 Å². The smallest absolute Gasteiger partial charge is 0.240 e. The standard InChI is InChI=1S/C13H15ClN4OS/c1-13(2,20-3)12(19)16-10-8-18(17-11(10)14)9-5-4-6-15-7-9/h4-8H,1-3H3,(H,16,19). The molecule has 20 heavy (non-hydrogen) atoms. The van der Waals surface area contributed by atoms with Gasteiger partial charge in [-0.1, -0.05) is 11.6 Å². The van der Waals surface area contributed by atoms with Gasteiger partial charge >= 0.3 is 0 Å². The number of aromatic nitrogens is 3. The van der Waals surface area contributed by atoms with E-state index in [1.807, 2.05) is 26.2 Å². The van der Waals surface area contributed by atoms with Crippen molar-refractivity contribution >= 4 is 35.0 Å². The van der Waals surface area contributed by atoms with E-state index >= 15 is 0 Å². The summed E-state index contributed by atoms with van der Waals surface area (Å²) in [6.07, 6.45) is 6.91. The first-order chi connectivity index (χ1) is 9.44. The molecule has 0 radical (unpaired) electrons. The zero-order valence-corrected chi connectivity index (χ0v) is 13.0. The van der Waals surface area contributed by atoms with Crippen molar-refractivity contribution < 1.29 is 4.79 Å². The van der Waals surface area contributed by atoms with E-state index in [9.17, 15) is 4.79 Å². The van der Waals surface area contributed by atoms with Crippen LogP contribution >= 0.6 is 23.4 Å². The Kier molecular flexibility index (Phi) is 4.35. The quantitative estimate of drug-likeness (QED) is 0.943. The minimum atomic E-state index is -0.528.